The van der Waals surface area contributed by atoms with E-state index >= 15 is 0 Å². The fourth-order valence-corrected chi connectivity index (χ4v) is 6.70. The fraction of sp³-hybridized carbons (Fsp3) is 0.529. The van der Waals surface area contributed by atoms with Crippen LogP contribution in [0.4, 0.5) is 0 Å². The normalized spacial score (nSPS) is 14.3. The van der Waals surface area contributed by atoms with Crippen LogP contribution in [0.5, 0.6) is 0 Å². The Balaban J connectivity index is 3.25. The van der Waals surface area contributed by atoms with Crippen LogP contribution in [0.3, 0.4) is 0 Å². The molecular formula is C17H25BrO4Si. The number of hydrogen-bond acceptors (Lipinski definition) is 3. The predicted molar refractivity (Wildman–Crippen MR) is 98.0 cm³/mol. The van der Waals surface area contributed by atoms with E-state index in [1.165, 1.54) is 0 Å². The maximum absolute atomic E-state index is 12.5. The van der Waals surface area contributed by atoms with Gasteiger partial charge in [-0.05, 0) is 34.8 Å². The molecule has 0 fully saturated rings. The molecule has 1 unspecified atom stereocenters. The van der Waals surface area contributed by atoms with Gasteiger partial charge in [0.2, 0.25) is 8.32 Å². The number of rotatable bonds is 7. The lowest BCUT2D eigenvalue weighted by atomic mass is 10.0. The van der Waals surface area contributed by atoms with Crippen molar-refractivity contribution in [2.45, 2.75) is 51.5 Å². The number of carboxylic acid groups (broad SMARTS) is 1. The standard InChI is InChI=1S/C17H25BrO4Si/c1-17(2,3)11-23(4,22)15-7-5-12(10-18)9-13(15)14(19)6-8-16(20)21/h5,7,9,22H,6,8,10-11H2,1-4H3,(H,20,21). The van der Waals surface area contributed by atoms with Crippen molar-refractivity contribution in [3.63, 3.8) is 0 Å². The summed E-state index contributed by atoms with van der Waals surface area (Å²) in [5.41, 5.74) is 1.36. The summed E-state index contributed by atoms with van der Waals surface area (Å²) in [6.45, 7) is 8.03. The van der Waals surface area contributed by atoms with Gasteiger partial charge in [-0.25, -0.2) is 0 Å². The van der Waals surface area contributed by atoms with E-state index in [4.69, 9.17) is 5.11 Å². The Hall–Kier alpha value is -0.983. The van der Waals surface area contributed by atoms with Gasteiger partial charge in [-0.3, -0.25) is 9.59 Å². The van der Waals surface area contributed by atoms with Gasteiger partial charge < -0.3 is 9.90 Å². The molecular weight excluding hydrogens is 376 g/mol. The van der Waals surface area contributed by atoms with Crippen molar-refractivity contribution in [1.82, 2.24) is 0 Å². The second kappa shape index (κ2) is 7.72. The summed E-state index contributed by atoms with van der Waals surface area (Å²) in [6, 6.07) is 6.15. The SMILES string of the molecule is CC(C)(C)C[Si](C)(O)c1ccc(CBr)cc1C(=O)CCC(=O)O. The topological polar surface area (TPSA) is 74.6 Å². The zero-order chi connectivity index (χ0) is 17.8. The Labute approximate surface area is 147 Å². The third-order valence-corrected chi connectivity index (χ3v) is 7.55. The number of carbonyl (C=O) groups excluding carboxylic acids is 1. The molecule has 0 saturated carbocycles. The predicted octanol–water partition coefficient (Wildman–Crippen LogP) is 3.45. The summed E-state index contributed by atoms with van der Waals surface area (Å²) in [4.78, 5) is 34.3. The molecule has 1 atom stereocenters. The summed E-state index contributed by atoms with van der Waals surface area (Å²) in [5.74, 6) is -1.21. The second-order valence-electron chi connectivity index (χ2n) is 7.34. The summed E-state index contributed by atoms with van der Waals surface area (Å²) in [7, 11) is -2.80. The van der Waals surface area contributed by atoms with Gasteiger partial charge >= 0.3 is 5.97 Å². The molecule has 0 aliphatic carbocycles. The lowest BCUT2D eigenvalue weighted by Crippen LogP contribution is -2.50. The van der Waals surface area contributed by atoms with E-state index in [1.54, 1.807) is 6.07 Å². The molecule has 0 saturated heterocycles. The van der Waals surface area contributed by atoms with Gasteiger partial charge in [0.1, 0.15) is 0 Å². The van der Waals surface area contributed by atoms with E-state index in [9.17, 15) is 14.4 Å². The van der Waals surface area contributed by atoms with Crippen LogP contribution in [0.15, 0.2) is 18.2 Å². The summed E-state index contributed by atoms with van der Waals surface area (Å²) in [6.07, 6.45) is -0.242. The molecule has 0 bridgehead atoms. The minimum Gasteiger partial charge on any atom is -0.481 e. The van der Waals surface area contributed by atoms with E-state index in [2.05, 4.69) is 36.7 Å². The Bertz CT molecular complexity index is 591. The van der Waals surface area contributed by atoms with Crippen LogP contribution in [0.25, 0.3) is 0 Å². The number of aliphatic carboxylic acids is 1. The van der Waals surface area contributed by atoms with E-state index < -0.39 is 14.3 Å². The molecule has 0 amide bonds. The highest BCUT2D eigenvalue weighted by Crippen LogP contribution is 2.27. The first-order valence-electron chi connectivity index (χ1n) is 7.63. The number of alkyl halides is 1. The number of carbonyl (C=O) groups is 2. The van der Waals surface area contributed by atoms with Gasteiger partial charge in [0, 0.05) is 17.3 Å². The first-order valence-corrected chi connectivity index (χ1v) is 11.4. The van der Waals surface area contributed by atoms with Gasteiger partial charge in [-0.1, -0.05) is 48.8 Å². The van der Waals surface area contributed by atoms with Crippen molar-refractivity contribution in [1.29, 1.82) is 0 Å². The molecule has 2 N–H and O–H groups in total. The quantitative estimate of drug-likeness (QED) is 0.417. The van der Waals surface area contributed by atoms with Gasteiger partial charge in [0.05, 0.1) is 6.42 Å². The number of halogens is 1. The van der Waals surface area contributed by atoms with Crippen LogP contribution in [-0.4, -0.2) is 30.0 Å². The van der Waals surface area contributed by atoms with Crippen molar-refractivity contribution in [3.05, 3.63) is 29.3 Å². The first-order chi connectivity index (χ1) is 10.5. The van der Waals surface area contributed by atoms with Gasteiger partial charge in [0.15, 0.2) is 5.78 Å². The van der Waals surface area contributed by atoms with Crippen molar-refractivity contribution in [3.8, 4) is 0 Å². The Morgan fingerprint density at radius 3 is 2.30 bits per heavy atom. The third kappa shape index (κ3) is 6.20. The van der Waals surface area contributed by atoms with Crippen molar-refractivity contribution < 1.29 is 19.5 Å². The van der Waals surface area contributed by atoms with Crippen molar-refractivity contribution >= 4 is 41.2 Å². The monoisotopic (exact) mass is 400 g/mol. The van der Waals surface area contributed by atoms with Crippen molar-refractivity contribution in [2.24, 2.45) is 5.41 Å². The minimum absolute atomic E-state index is 0.0475. The number of carboxylic acids is 1. The Morgan fingerprint density at radius 2 is 1.83 bits per heavy atom. The highest BCUT2D eigenvalue weighted by Gasteiger charge is 2.35. The molecule has 4 nitrogen and oxygen atoms in total. The average Bonchev–Trinajstić information content (AvgIpc) is 2.41. The lowest BCUT2D eigenvalue weighted by molar-refractivity contribution is -0.136. The van der Waals surface area contributed by atoms with Crippen LogP contribution in [0.1, 0.15) is 49.5 Å². The third-order valence-electron chi connectivity index (χ3n) is 3.56. The number of hydrogen-bond donors (Lipinski definition) is 2. The van der Waals surface area contributed by atoms with E-state index in [1.807, 2.05) is 18.7 Å². The highest BCUT2D eigenvalue weighted by atomic mass is 79.9. The number of ketones is 1. The summed E-state index contributed by atoms with van der Waals surface area (Å²) < 4.78 is 0. The second-order valence-corrected chi connectivity index (χ2v) is 11.3. The minimum atomic E-state index is -2.80. The van der Waals surface area contributed by atoms with Crippen LogP contribution < -0.4 is 5.19 Å². The molecule has 1 aromatic carbocycles. The zero-order valence-corrected chi connectivity index (χ0v) is 16.7. The number of benzene rings is 1. The molecule has 6 heteroatoms. The van der Waals surface area contributed by atoms with Crippen molar-refractivity contribution in [2.75, 3.05) is 0 Å². The lowest BCUT2D eigenvalue weighted by Gasteiger charge is -2.30. The molecule has 1 rings (SSSR count). The Kier molecular flexibility index (Phi) is 6.74. The largest absolute Gasteiger partial charge is 0.481 e. The van der Waals surface area contributed by atoms with Gasteiger partial charge in [-0.15, -0.1) is 0 Å². The van der Waals surface area contributed by atoms with E-state index in [-0.39, 0.29) is 24.0 Å². The van der Waals surface area contributed by atoms with Gasteiger partial charge in [0.25, 0.3) is 0 Å². The van der Waals surface area contributed by atoms with Crippen LogP contribution in [0.2, 0.25) is 12.6 Å². The van der Waals surface area contributed by atoms with E-state index in [0.29, 0.717) is 22.1 Å². The van der Waals surface area contributed by atoms with Crippen LogP contribution in [0, 0.1) is 5.41 Å². The maximum Gasteiger partial charge on any atom is 0.303 e. The smallest absolute Gasteiger partial charge is 0.303 e. The maximum atomic E-state index is 12.5. The van der Waals surface area contributed by atoms with Crippen LogP contribution >= 0.6 is 15.9 Å². The molecule has 128 valence electrons. The molecule has 0 aromatic heterocycles. The first kappa shape index (κ1) is 20.1. The zero-order valence-electron chi connectivity index (χ0n) is 14.1. The Morgan fingerprint density at radius 1 is 1.22 bits per heavy atom. The van der Waals surface area contributed by atoms with E-state index in [0.717, 1.165) is 5.56 Å². The molecule has 23 heavy (non-hydrogen) atoms. The number of Topliss-reactive ketones (excluding diaryl/α,β-unsaturated/α-hetero) is 1. The molecule has 1 aromatic rings. The summed E-state index contributed by atoms with van der Waals surface area (Å²) >= 11 is 3.37. The summed E-state index contributed by atoms with van der Waals surface area (Å²) in [5, 5.41) is 10.1. The molecule has 0 aliphatic rings. The average molecular weight is 401 g/mol. The van der Waals surface area contributed by atoms with Crippen LogP contribution in [-0.2, 0) is 10.1 Å². The van der Waals surface area contributed by atoms with Gasteiger partial charge in [-0.2, -0.15) is 0 Å². The highest BCUT2D eigenvalue weighted by molar-refractivity contribution is 9.08. The fourth-order valence-electron chi connectivity index (χ4n) is 2.86. The molecule has 0 aliphatic heterocycles. The molecule has 0 radical (unpaired) electrons. The molecule has 0 spiro atoms. The molecule has 0 heterocycles.